The summed E-state index contributed by atoms with van der Waals surface area (Å²) >= 11 is 0. The monoisotopic (exact) mass is 398 g/mol. The van der Waals surface area contributed by atoms with E-state index in [0.717, 1.165) is 49.9 Å². The van der Waals surface area contributed by atoms with E-state index < -0.39 is 0 Å². The van der Waals surface area contributed by atoms with Gasteiger partial charge in [0, 0.05) is 48.2 Å². The van der Waals surface area contributed by atoms with Crippen molar-refractivity contribution in [2.45, 2.75) is 37.8 Å². The molecule has 4 heterocycles. The van der Waals surface area contributed by atoms with Gasteiger partial charge in [0.25, 0.3) is 5.91 Å². The molecule has 3 aliphatic rings. The van der Waals surface area contributed by atoms with Crippen LogP contribution in [0.1, 0.15) is 35.2 Å². The van der Waals surface area contributed by atoms with E-state index in [1.807, 2.05) is 42.7 Å². The van der Waals surface area contributed by atoms with Crippen LogP contribution in [0.3, 0.4) is 0 Å². The molecule has 1 amide bonds. The van der Waals surface area contributed by atoms with Gasteiger partial charge in [-0.05, 0) is 67.0 Å². The van der Waals surface area contributed by atoms with Gasteiger partial charge in [-0.2, -0.15) is 5.10 Å². The number of hydrogen-bond donors (Lipinski definition) is 1. The summed E-state index contributed by atoms with van der Waals surface area (Å²) in [6.07, 6.45) is 8.36. The van der Waals surface area contributed by atoms with Crippen molar-refractivity contribution in [1.29, 1.82) is 0 Å². The van der Waals surface area contributed by atoms with Crippen LogP contribution in [0.4, 0.5) is 5.69 Å². The van der Waals surface area contributed by atoms with Gasteiger partial charge < -0.3 is 9.80 Å². The molecule has 2 fully saturated rings. The summed E-state index contributed by atoms with van der Waals surface area (Å²) in [4.78, 5) is 17.9. The second kappa shape index (κ2) is 7.01. The zero-order chi connectivity index (χ0) is 20.1. The quantitative estimate of drug-likeness (QED) is 0.719. The van der Waals surface area contributed by atoms with Crippen molar-refractivity contribution in [2.24, 2.45) is 5.92 Å². The molecule has 0 saturated carbocycles. The first-order chi connectivity index (χ1) is 14.8. The number of rotatable bonds is 4. The Hall–Kier alpha value is -3.08. The van der Waals surface area contributed by atoms with Crippen LogP contribution in [0.15, 0.2) is 60.9 Å². The van der Waals surface area contributed by atoms with Crippen molar-refractivity contribution in [2.75, 3.05) is 18.0 Å². The molecule has 6 rings (SSSR count). The Morgan fingerprint density at radius 3 is 2.83 bits per heavy atom. The number of hydrogen-bond acceptors (Lipinski definition) is 3. The van der Waals surface area contributed by atoms with Crippen molar-refractivity contribution < 1.29 is 4.79 Å². The fourth-order valence-electron chi connectivity index (χ4n) is 5.89. The SMILES string of the molecule is O=C(c1ccccc1)N1[C@@H]2CC[C@H]1C(CN1CCc3cc(-c4cn[nH]c4)ccc31)C2. The van der Waals surface area contributed by atoms with Crippen LogP contribution >= 0.6 is 0 Å². The minimum Gasteiger partial charge on any atom is -0.371 e. The van der Waals surface area contributed by atoms with Gasteiger partial charge in [-0.15, -0.1) is 0 Å². The molecule has 3 atom stereocenters. The van der Waals surface area contributed by atoms with Crippen LogP contribution in [-0.2, 0) is 6.42 Å². The van der Waals surface area contributed by atoms with Gasteiger partial charge in [-0.1, -0.05) is 24.3 Å². The summed E-state index contributed by atoms with van der Waals surface area (Å²) in [6.45, 7) is 2.13. The highest BCUT2D eigenvalue weighted by Gasteiger charge is 2.49. The number of carbonyl (C=O) groups is 1. The van der Waals surface area contributed by atoms with E-state index in [-0.39, 0.29) is 5.91 Å². The topological polar surface area (TPSA) is 52.2 Å². The van der Waals surface area contributed by atoms with Crippen LogP contribution in [0.2, 0.25) is 0 Å². The number of nitrogens with one attached hydrogen (secondary N) is 1. The first-order valence-corrected chi connectivity index (χ1v) is 11.0. The maximum absolute atomic E-state index is 13.1. The van der Waals surface area contributed by atoms with Crippen molar-refractivity contribution in [3.05, 3.63) is 72.1 Å². The van der Waals surface area contributed by atoms with Gasteiger partial charge in [0.15, 0.2) is 0 Å². The van der Waals surface area contributed by atoms with Gasteiger partial charge in [0.1, 0.15) is 0 Å². The molecule has 5 nitrogen and oxygen atoms in total. The minimum atomic E-state index is 0.220. The molecular formula is C25H26N4O. The number of aromatic nitrogens is 2. The lowest BCUT2D eigenvalue weighted by Gasteiger charge is -2.29. The Balaban J connectivity index is 1.19. The van der Waals surface area contributed by atoms with E-state index in [9.17, 15) is 4.79 Å². The lowest BCUT2D eigenvalue weighted by atomic mass is 9.89. The summed E-state index contributed by atoms with van der Waals surface area (Å²) in [6, 6.07) is 17.4. The van der Waals surface area contributed by atoms with Gasteiger partial charge in [0.05, 0.1) is 6.20 Å². The number of nitrogens with zero attached hydrogens (tertiary/aromatic N) is 3. The molecule has 3 aliphatic heterocycles. The predicted octanol–water partition coefficient (Wildman–Crippen LogP) is 4.13. The van der Waals surface area contributed by atoms with Crippen LogP contribution in [-0.4, -0.2) is 46.2 Å². The Bertz CT molecular complexity index is 1060. The molecule has 0 radical (unpaired) electrons. The van der Waals surface area contributed by atoms with Crippen molar-refractivity contribution in [1.82, 2.24) is 15.1 Å². The number of H-pyrrole nitrogens is 1. The normalized spacial score (nSPS) is 24.5. The maximum Gasteiger partial charge on any atom is 0.254 e. The van der Waals surface area contributed by atoms with E-state index in [1.165, 1.54) is 16.8 Å². The highest BCUT2D eigenvalue weighted by Crippen LogP contribution is 2.44. The summed E-state index contributed by atoms with van der Waals surface area (Å²) in [5.41, 5.74) is 5.98. The molecule has 0 spiro atoms. The number of anilines is 1. The third-order valence-electron chi connectivity index (χ3n) is 7.28. The molecule has 0 aliphatic carbocycles. The largest absolute Gasteiger partial charge is 0.371 e. The smallest absolute Gasteiger partial charge is 0.254 e. The van der Waals surface area contributed by atoms with Gasteiger partial charge >= 0.3 is 0 Å². The molecule has 30 heavy (non-hydrogen) atoms. The van der Waals surface area contributed by atoms with E-state index in [0.29, 0.717) is 18.0 Å². The summed E-state index contributed by atoms with van der Waals surface area (Å²) in [5, 5.41) is 6.97. The molecule has 2 saturated heterocycles. The summed E-state index contributed by atoms with van der Waals surface area (Å²) < 4.78 is 0. The molecule has 2 bridgehead atoms. The number of benzene rings is 2. The van der Waals surface area contributed by atoms with Gasteiger partial charge in [-0.25, -0.2) is 0 Å². The number of fused-ring (bicyclic) bond motifs is 3. The average molecular weight is 399 g/mol. The second-order valence-electron chi connectivity index (χ2n) is 8.90. The Morgan fingerprint density at radius 2 is 2.00 bits per heavy atom. The van der Waals surface area contributed by atoms with E-state index in [4.69, 9.17) is 0 Å². The van der Waals surface area contributed by atoms with Crippen LogP contribution in [0.25, 0.3) is 11.1 Å². The lowest BCUT2D eigenvalue weighted by Crippen LogP contribution is -2.39. The molecule has 1 N–H and O–H groups in total. The minimum absolute atomic E-state index is 0.220. The van der Waals surface area contributed by atoms with Crippen molar-refractivity contribution >= 4 is 11.6 Å². The fourth-order valence-corrected chi connectivity index (χ4v) is 5.89. The maximum atomic E-state index is 13.1. The zero-order valence-electron chi connectivity index (χ0n) is 17.0. The van der Waals surface area contributed by atoms with Crippen LogP contribution in [0.5, 0.6) is 0 Å². The van der Waals surface area contributed by atoms with Gasteiger partial charge in [0.2, 0.25) is 0 Å². The Morgan fingerprint density at radius 1 is 1.10 bits per heavy atom. The number of aromatic amines is 1. The van der Waals surface area contributed by atoms with Crippen molar-refractivity contribution in [3.8, 4) is 11.1 Å². The molecule has 1 aromatic heterocycles. The molecule has 2 aromatic carbocycles. The zero-order valence-corrected chi connectivity index (χ0v) is 17.0. The Kier molecular flexibility index (Phi) is 4.15. The molecule has 152 valence electrons. The first kappa shape index (κ1) is 17.8. The van der Waals surface area contributed by atoms with Gasteiger partial charge in [-0.3, -0.25) is 9.89 Å². The van der Waals surface area contributed by atoms with Crippen LogP contribution in [0, 0.1) is 5.92 Å². The molecule has 5 heteroatoms. The van der Waals surface area contributed by atoms with E-state index in [2.05, 4.69) is 38.2 Å². The summed E-state index contributed by atoms with van der Waals surface area (Å²) in [5.74, 6) is 0.785. The van der Waals surface area contributed by atoms with Crippen LogP contribution < -0.4 is 4.90 Å². The number of carbonyl (C=O) groups excluding carboxylic acids is 1. The molecule has 3 aromatic rings. The molecule has 1 unspecified atom stereocenters. The number of amides is 1. The summed E-state index contributed by atoms with van der Waals surface area (Å²) in [7, 11) is 0. The third kappa shape index (κ3) is 2.83. The van der Waals surface area contributed by atoms with Crippen molar-refractivity contribution in [3.63, 3.8) is 0 Å². The first-order valence-electron chi connectivity index (χ1n) is 11.0. The predicted molar refractivity (Wildman–Crippen MR) is 117 cm³/mol. The second-order valence-corrected chi connectivity index (χ2v) is 8.90. The highest BCUT2D eigenvalue weighted by molar-refractivity contribution is 5.95. The van der Waals surface area contributed by atoms with E-state index >= 15 is 0 Å². The Labute approximate surface area is 176 Å². The lowest BCUT2D eigenvalue weighted by molar-refractivity contribution is 0.0719. The average Bonchev–Trinajstić information content (AvgIpc) is 3.58. The standard InChI is InChI=1S/C25H26N4O/c30-25(17-4-2-1-3-5-17)29-22-7-9-24(29)20(13-22)16-28-11-10-19-12-18(6-8-23(19)28)21-14-26-27-15-21/h1-6,8,12,14-15,20,22,24H,7,9-11,13,16H2,(H,26,27)/t20?,22-,24+/m1/s1. The molecular weight excluding hydrogens is 372 g/mol. The van der Waals surface area contributed by atoms with E-state index in [1.54, 1.807) is 0 Å². The third-order valence-corrected chi connectivity index (χ3v) is 7.28. The highest BCUT2D eigenvalue weighted by atomic mass is 16.2. The fraction of sp³-hybridized carbons (Fsp3) is 0.360.